The third kappa shape index (κ3) is 4.80. The summed E-state index contributed by atoms with van der Waals surface area (Å²) in [5, 5.41) is 11.7. The largest absolute Gasteiger partial charge is 0.492 e. The van der Waals surface area contributed by atoms with Crippen LogP contribution in [0.5, 0.6) is 5.75 Å². The predicted octanol–water partition coefficient (Wildman–Crippen LogP) is 2.44. The highest BCUT2D eigenvalue weighted by molar-refractivity contribution is 7.88. The fourth-order valence-electron chi connectivity index (χ4n) is 3.67. The van der Waals surface area contributed by atoms with Crippen molar-refractivity contribution in [2.45, 2.75) is 26.3 Å². The first-order valence-corrected chi connectivity index (χ1v) is 11.9. The molecule has 8 nitrogen and oxygen atoms in total. The van der Waals surface area contributed by atoms with Gasteiger partial charge < -0.3 is 10.1 Å². The number of pyridine rings is 1. The average molecular weight is 430 g/mol. The summed E-state index contributed by atoms with van der Waals surface area (Å²) in [5.74, 6) is 0.770. The molecule has 4 rings (SSSR count). The molecule has 1 aliphatic rings. The summed E-state index contributed by atoms with van der Waals surface area (Å²) < 4.78 is 31.4. The summed E-state index contributed by atoms with van der Waals surface area (Å²) in [5.41, 5.74) is 3.39. The summed E-state index contributed by atoms with van der Waals surface area (Å²) in [7, 11) is -3.23. The Bertz CT molecular complexity index is 1120. The normalized spacial score (nSPS) is 16.6. The van der Waals surface area contributed by atoms with E-state index in [1.165, 1.54) is 0 Å². The summed E-state index contributed by atoms with van der Waals surface area (Å²) in [6.07, 6.45) is 5.05. The van der Waals surface area contributed by atoms with E-state index in [0.29, 0.717) is 12.3 Å². The Morgan fingerprint density at radius 1 is 1.17 bits per heavy atom. The van der Waals surface area contributed by atoms with E-state index in [0.717, 1.165) is 60.1 Å². The molecule has 3 aromatic rings. The minimum Gasteiger partial charge on any atom is -0.492 e. The highest BCUT2D eigenvalue weighted by atomic mass is 32.2. The zero-order valence-corrected chi connectivity index (χ0v) is 18.1. The quantitative estimate of drug-likeness (QED) is 0.532. The van der Waals surface area contributed by atoms with E-state index in [4.69, 9.17) is 4.74 Å². The van der Waals surface area contributed by atoms with Gasteiger partial charge in [0.15, 0.2) is 5.65 Å². The molecule has 1 aromatic carbocycles. The molecule has 0 amide bonds. The predicted molar refractivity (Wildman–Crippen MR) is 117 cm³/mol. The van der Waals surface area contributed by atoms with Gasteiger partial charge in [-0.3, -0.25) is 5.10 Å². The number of ether oxygens (including phenoxy) is 1. The molecule has 1 saturated heterocycles. The van der Waals surface area contributed by atoms with E-state index in [-0.39, 0.29) is 12.0 Å². The molecule has 0 bridgehead atoms. The van der Waals surface area contributed by atoms with Crippen molar-refractivity contribution in [2.24, 2.45) is 5.41 Å². The monoisotopic (exact) mass is 429 g/mol. The SMILES string of the molecule is CC1(COc2ccnc3[nH]nc(-c4ccc(CNS(C)(=O)=O)cc4)c23)CCNCC1. The van der Waals surface area contributed by atoms with Gasteiger partial charge in [-0.25, -0.2) is 18.1 Å². The molecule has 1 aliphatic heterocycles. The molecule has 160 valence electrons. The minimum atomic E-state index is -3.23. The van der Waals surface area contributed by atoms with E-state index in [9.17, 15) is 8.42 Å². The maximum Gasteiger partial charge on any atom is 0.209 e. The average Bonchev–Trinajstić information content (AvgIpc) is 3.16. The Morgan fingerprint density at radius 3 is 2.60 bits per heavy atom. The van der Waals surface area contributed by atoms with Crippen LogP contribution in [0.2, 0.25) is 0 Å². The number of hydrogen-bond donors (Lipinski definition) is 3. The second-order valence-corrected chi connectivity index (χ2v) is 10.1. The lowest BCUT2D eigenvalue weighted by Gasteiger charge is -2.33. The van der Waals surface area contributed by atoms with E-state index in [1.54, 1.807) is 6.20 Å². The van der Waals surface area contributed by atoms with Crippen LogP contribution in [-0.2, 0) is 16.6 Å². The molecule has 0 radical (unpaired) electrons. The van der Waals surface area contributed by atoms with Crippen LogP contribution >= 0.6 is 0 Å². The van der Waals surface area contributed by atoms with Gasteiger partial charge in [0.1, 0.15) is 11.4 Å². The number of rotatable bonds is 7. The molecule has 0 saturated carbocycles. The first kappa shape index (κ1) is 20.8. The van der Waals surface area contributed by atoms with Gasteiger partial charge in [0.25, 0.3) is 0 Å². The van der Waals surface area contributed by atoms with Crippen LogP contribution in [0.15, 0.2) is 36.5 Å². The zero-order valence-electron chi connectivity index (χ0n) is 17.2. The molecule has 3 heterocycles. The lowest BCUT2D eigenvalue weighted by Crippen LogP contribution is -2.38. The summed E-state index contributed by atoms with van der Waals surface area (Å²) in [4.78, 5) is 4.39. The number of nitrogens with zero attached hydrogens (tertiary/aromatic N) is 2. The fourth-order valence-corrected chi connectivity index (χ4v) is 4.10. The van der Waals surface area contributed by atoms with Crippen molar-refractivity contribution >= 4 is 21.1 Å². The van der Waals surface area contributed by atoms with Crippen molar-refractivity contribution < 1.29 is 13.2 Å². The maximum atomic E-state index is 11.3. The molecule has 0 atom stereocenters. The molecule has 2 aromatic heterocycles. The van der Waals surface area contributed by atoms with Crippen LogP contribution in [0.25, 0.3) is 22.3 Å². The minimum absolute atomic E-state index is 0.152. The van der Waals surface area contributed by atoms with Gasteiger partial charge in [-0.15, -0.1) is 0 Å². The Hall–Kier alpha value is -2.49. The first-order chi connectivity index (χ1) is 14.3. The highest BCUT2D eigenvalue weighted by Crippen LogP contribution is 2.35. The van der Waals surface area contributed by atoms with Crippen LogP contribution in [0, 0.1) is 5.41 Å². The Morgan fingerprint density at radius 2 is 1.90 bits per heavy atom. The van der Waals surface area contributed by atoms with E-state index < -0.39 is 10.0 Å². The van der Waals surface area contributed by atoms with Gasteiger partial charge in [-0.05, 0) is 37.6 Å². The third-order valence-electron chi connectivity index (χ3n) is 5.58. The van der Waals surface area contributed by atoms with Gasteiger partial charge in [-0.2, -0.15) is 5.10 Å². The fraction of sp³-hybridized carbons (Fsp3) is 0.429. The second kappa shape index (κ2) is 8.33. The Balaban J connectivity index is 1.57. The van der Waals surface area contributed by atoms with Crippen molar-refractivity contribution in [1.29, 1.82) is 0 Å². The van der Waals surface area contributed by atoms with Crippen LogP contribution in [0.3, 0.4) is 0 Å². The van der Waals surface area contributed by atoms with Gasteiger partial charge in [-0.1, -0.05) is 31.2 Å². The van der Waals surface area contributed by atoms with E-state index >= 15 is 0 Å². The smallest absolute Gasteiger partial charge is 0.209 e. The number of piperidine rings is 1. The zero-order chi connectivity index (χ0) is 21.2. The molecule has 1 fully saturated rings. The van der Waals surface area contributed by atoms with Gasteiger partial charge in [0.2, 0.25) is 10.0 Å². The topological polar surface area (TPSA) is 109 Å². The number of aromatic nitrogens is 3. The van der Waals surface area contributed by atoms with E-state index in [2.05, 4.69) is 32.1 Å². The van der Waals surface area contributed by atoms with Crippen LogP contribution < -0.4 is 14.8 Å². The lowest BCUT2D eigenvalue weighted by atomic mass is 9.82. The summed E-state index contributed by atoms with van der Waals surface area (Å²) in [6, 6.07) is 9.53. The highest BCUT2D eigenvalue weighted by Gasteiger charge is 2.28. The number of H-pyrrole nitrogens is 1. The number of benzene rings is 1. The number of hydrogen-bond acceptors (Lipinski definition) is 6. The van der Waals surface area contributed by atoms with Gasteiger partial charge >= 0.3 is 0 Å². The summed E-state index contributed by atoms with van der Waals surface area (Å²) in [6.45, 7) is 5.20. The van der Waals surface area contributed by atoms with Gasteiger partial charge in [0, 0.05) is 23.7 Å². The van der Waals surface area contributed by atoms with Crippen LogP contribution in [0.1, 0.15) is 25.3 Å². The second-order valence-electron chi connectivity index (χ2n) is 8.24. The number of fused-ring (bicyclic) bond motifs is 1. The van der Waals surface area contributed by atoms with Gasteiger partial charge in [0.05, 0.1) is 18.2 Å². The Labute approximate surface area is 176 Å². The molecule has 0 unspecified atom stereocenters. The molecule has 3 N–H and O–H groups in total. The van der Waals surface area contributed by atoms with Crippen molar-refractivity contribution in [2.75, 3.05) is 26.0 Å². The number of aromatic amines is 1. The Kier molecular flexibility index (Phi) is 5.77. The van der Waals surface area contributed by atoms with Crippen molar-refractivity contribution in [3.63, 3.8) is 0 Å². The van der Waals surface area contributed by atoms with Crippen molar-refractivity contribution in [1.82, 2.24) is 25.2 Å². The van der Waals surface area contributed by atoms with E-state index in [1.807, 2.05) is 30.3 Å². The molecule has 9 heteroatoms. The van der Waals surface area contributed by atoms with Crippen molar-refractivity contribution in [3.05, 3.63) is 42.1 Å². The third-order valence-corrected chi connectivity index (χ3v) is 6.24. The number of nitrogens with one attached hydrogen (secondary N) is 3. The lowest BCUT2D eigenvalue weighted by molar-refractivity contribution is 0.124. The molecule has 30 heavy (non-hydrogen) atoms. The molecular weight excluding hydrogens is 402 g/mol. The number of sulfonamides is 1. The van der Waals surface area contributed by atoms with Crippen molar-refractivity contribution in [3.8, 4) is 17.0 Å². The van der Waals surface area contributed by atoms with Crippen LogP contribution in [0.4, 0.5) is 0 Å². The molecule has 0 spiro atoms. The first-order valence-electron chi connectivity index (χ1n) is 10.0. The van der Waals surface area contributed by atoms with Crippen LogP contribution in [-0.4, -0.2) is 49.6 Å². The molecule has 0 aliphatic carbocycles. The maximum absolute atomic E-state index is 11.3. The standard InChI is InChI=1S/C21H27N5O3S/c1-21(8-11-22-12-9-21)14-29-17-7-10-23-20-18(17)19(25-26-20)16-5-3-15(4-6-16)13-24-30(2,27)28/h3-7,10,22,24H,8-9,11-14H2,1-2H3,(H,23,25,26). The summed E-state index contributed by atoms with van der Waals surface area (Å²) >= 11 is 0. The molecular formula is C21H27N5O3S.